The van der Waals surface area contributed by atoms with Crippen molar-refractivity contribution in [2.75, 3.05) is 26.5 Å². The maximum atomic E-state index is 15.8. The fourth-order valence-corrected chi connectivity index (χ4v) is 7.87. The van der Waals surface area contributed by atoms with Crippen molar-refractivity contribution in [1.29, 1.82) is 5.26 Å². The number of fused-ring (bicyclic) bond motifs is 4. The van der Waals surface area contributed by atoms with E-state index in [1.807, 2.05) is 12.3 Å². The van der Waals surface area contributed by atoms with Crippen LogP contribution in [0, 0.1) is 23.1 Å². The molecule has 39 heavy (non-hydrogen) atoms. The van der Waals surface area contributed by atoms with Crippen molar-refractivity contribution < 1.29 is 23.8 Å². The fourth-order valence-electron chi connectivity index (χ4n) is 6.81. The number of thioether (sulfide) groups is 1. The number of aryl methyl sites for hydroxylation is 1. The van der Waals surface area contributed by atoms with Crippen LogP contribution in [0.4, 0.5) is 14.0 Å². The van der Waals surface area contributed by atoms with E-state index < -0.39 is 18.0 Å². The van der Waals surface area contributed by atoms with Crippen molar-refractivity contribution in [1.82, 2.24) is 19.4 Å². The number of ether oxygens (including phenoxy) is 1. The predicted octanol–water partition coefficient (Wildman–Crippen LogP) is 6.10. The zero-order valence-corrected chi connectivity index (χ0v) is 23.9. The molecule has 2 aromatic heterocycles. The number of aromatic nitrogens is 2. The number of likely N-dealkylation sites (tertiary alicyclic amines) is 1. The van der Waals surface area contributed by atoms with Crippen molar-refractivity contribution in [2.24, 2.45) is 5.92 Å². The van der Waals surface area contributed by atoms with Crippen LogP contribution in [0.15, 0.2) is 21.6 Å². The van der Waals surface area contributed by atoms with Gasteiger partial charge in [0.05, 0.1) is 41.3 Å². The van der Waals surface area contributed by atoms with Gasteiger partial charge in [-0.15, -0.1) is 11.8 Å². The number of benzene rings is 1. The van der Waals surface area contributed by atoms with E-state index in [0.717, 1.165) is 35.9 Å². The third-order valence-electron chi connectivity index (χ3n) is 8.52. The van der Waals surface area contributed by atoms with Crippen molar-refractivity contribution in [3.8, 4) is 6.07 Å². The monoisotopic (exact) mass is 615 g/mol. The summed E-state index contributed by atoms with van der Waals surface area (Å²) < 4.78 is 23.4. The number of rotatable bonds is 5. The predicted molar refractivity (Wildman–Crippen MR) is 147 cm³/mol. The minimum Gasteiger partial charge on any atom is -0.465 e. The molecule has 1 aliphatic carbocycles. The summed E-state index contributed by atoms with van der Waals surface area (Å²) in [4.78, 5) is 32.7. The van der Waals surface area contributed by atoms with E-state index in [9.17, 15) is 20.0 Å². The lowest BCUT2D eigenvalue weighted by Gasteiger charge is -2.40. The van der Waals surface area contributed by atoms with Crippen molar-refractivity contribution in [2.45, 2.75) is 55.3 Å². The lowest BCUT2D eigenvalue weighted by Crippen LogP contribution is -2.43. The van der Waals surface area contributed by atoms with E-state index in [4.69, 9.17) is 9.72 Å². The summed E-state index contributed by atoms with van der Waals surface area (Å²) >= 11 is 4.81. The molecular weight excluding hydrogens is 589 g/mol. The van der Waals surface area contributed by atoms with E-state index in [-0.39, 0.29) is 36.0 Å². The molecule has 204 valence electrons. The summed E-state index contributed by atoms with van der Waals surface area (Å²) in [5, 5.41) is 21.2. The van der Waals surface area contributed by atoms with Gasteiger partial charge in [-0.2, -0.15) is 5.26 Å². The maximum Gasteiger partial charge on any atom is 0.410 e. The van der Waals surface area contributed by atoms with Gasteiger partial charge >= 0.3 is 12.2 Å². The topological polar surface area (TPSA) is 112 Å². The minimum atomic E-state index is -0.940. The molecule has 2 bridgehead atoms. The maximum absolute atomic E-state index is 15.8. The first-order chi connectivity index (χ1) is 18.8. The molecule has 4 aliphatic rings. The Kier molecular flexibility index (Phi) is 6.62. The van der Waals surface area contributed by atoms with E-state index in [2.05, 4.69) is 32.6 Å². The summed E-state index contributed by atoms with van der Waals surface area (Å²) in [6.45, 7) is 1.01. The largest absolute Gasteiger partial charge is 0.465 e. The highest BCUT2D eigenvalue weighted by atomic mass is 79.9. The quantitative estimate of drug-likeness (QED) is 0.345. The van der Waals surface area contributed by atoms with Crippen LogP contribution in [0.2, 0.25) is 0 Å². The summed E-state index contributed by atoms with van der Waals surface area (Å²) in [6, 6.07) is 5.50. The molecule has 0 spiro atoms. The lowest BCUT2D eigenvalue weighted by atomic mass is 9.79. The van der Waals surface area contributed by atoms with Gasteiger partial charge in [0.1, 0.15) is 10.5 Å². The van der Waals surface area contributed by atoms with Gasteiger partial charge in [-0.3, -0.25) is 4.90 Å². The van der Waals surface area contributed by atoms with Crippen LogP contribution in [0.5, 0.6) is 0 Å². The Labute approximate surface area is 237 Å². The van der Waals surface area contributed by atoms with Crippen LogP contribution < -0.4 is 0 Å². The number of hydrogen-bond acceptors (Lipinski definition) is 6. The molecule has 4 fully saturated rings. The first-order valence-electron chi connectivity index (χ1n) is 12.9. The molecule has 1 N–H and O–H groups in total. The first-order valence-corrected chi connectivity index (χ1v) is 14.9. The smallest absolute Gasteiger partial charge is 0.410 e. The summed E-state index contributed by atoms with van der Waals surface area (Å²) in [7, 11) is 1.37. The molecule has 3 aromatic rings. The number of hydrogen-bond donors (Lipinski definition) is 1. The summed E-state index contributed by atoms with van der Waals surface area (Å²) in [5.41, 5.74) is 2.60. The number of carbonyl (C=O) groups excluding carboxylic acids is 1. The SMILES string of the molecule is COC(=O)N1CCC[C@@H]1c1cc2c(SC)nc3c(F)c(Br)c(CCC#N)cc3c2n1[C@H]1[C@@H]2C[C@H]1N(C(=O)O)C2. The number of halogens is 2. The van der Waals surface area contributed by atoms with Crippen molar-refractivity contribution >= 4 is 61.7 Å². The Morgan fingerprint density at radius 1 is 1.33 bits per heavy atom. The van der Waals surface area contributed by atoms with Gasteiger partial charge in [0, 0.05) is 41.9 Å². The first kappa shape index (κ1) is 26.2. The highest BCUT2D eigenvalue weighted by Gasteiger charge is 2.56. The fraction of sp³-hybridized carbons (Fsp3) is 0.481. The van der Waals surface area contributed by atoms with Gasteiger partial charge in [-0.1, -0.05) is 0 Å². The van der Waals surface area contributed by atoms with Crippen molar-refractivity contribution in [3.63, 3.8) is 0 Å². The molecule has 0 radical (unpaired) electrons. The van der Waals surface area contributed by atoms with Crippen LogP contribution >= 0.6 is 27.7 Å². The summed E-state index contributed by atoms with van der Waals surface area (Å²) in [6.07, 6.45) is 3.50. The second-order valence-corrected chi connectivity index (χ2v) is 11.9. The van der Waals surface area contributed by atoms with E-state index in [1.54, 1.807) is 4.90 Å². The van der Waals surface area contributed by atoms with Crippen LogP contribution in [-0.2, 0) is 11.2 Å². The van der Waals surface area contributed by atoms with Gasteiger partial charge in [-0.05, 0) is 65.6 Å². The zero-order chi connectivity index (χ0) is 27.6. The third-order valence-corrected chi connectivity index (χ3v) is 10.1. The molecule has 5 heterocycles. The number of carboxylic acid groups (broad SMARTS) is 1. The van der Waals surface area contributed by atoms with Crippen LogP contribution in [0.25, 0.3) is 21.8 Å². The average molecular weight is 617 g/mol. The van der Waals surface area contributed by atoms with Crippen LogP contribution in [0.1, 0.15) is 49.0 Å². The van der Waals surface area contributed by atoms with Gasteiger partial charge in [0.2, 0.25) is 0 Å². The molecule has 3 saturated heterocycles. The van der Waals surface area contributed by atoms with Crippen LogP contribution in [0.3, 0.4) is 0 Å². The molecule has 2 amide bonds. The Hall–Kier alpha value is -3.04. The molecule has 3 aliphatic heterocycles. The average Bonchev–Trinajstić information content (AvgIpc) is 3.71. The highest BCUT2D eigenvalue weighted by molar-refractivity contribution is 9.10. The molecule has 0 unspecified atom stereocenters. The highest BCUT2D eigenvalue weighted by Crippen LogP contribution is 2.54. The molecule has 7 rings (SSSR count). The van der Waals surface area contributed by atoms with Gasteiger partial charge in [0.15, 0.2) is 5.82 Å². The Balaban J connectivity index is 1.67. The molecular formula is C27H27BrFN5O4S. The number of amides is 2. The van der Waals surface area contributed by atoms with E-state index in [0.29, 0.717) is 40.0 Å². The second kappa shape index (κ2) is 9.86. The second-order valence-electron chi connectivity index (χ2n) is 10.4. The standard InChI is InChI=1S/C27H27BrFN5O4S/c1-38-27(37)32-8-4-6-17(32)18-11-16-24(34(18)23-14-10-19(23)33(12-14)26(35)36)15-9-13(5-3-7-30)20(28)21(29)22(15)31-25(16)39-2/h9,11,14,17,19,23H,3-6,8,10,12H2,1-2H3,(H,35,36)/t14-,17-,19-,23+/m1/s1. The van der Waals surface area contributed by atoms with Gasteiger partial charge < -0.3 is 19.3 Å². The minimum absolute atomic E-state index is 0.118. The van der Waals surface area contributed by atoms with E-state index in [1.165, 1.54) is 23.8 Å². The number of nitrogens with zero attached hydrogens (tertiary/aromatic N) is 5. The van der Waals surface area contributed by atoms with Crippen molar-refractivity contribution in [3.05, 3.63) is 33.7 Å². The zero-order valence-electron chi connectivity index (χ0n) is 21.5. The van der Waals surface area contributed by atoms with Gasteiger partial charge in [-0.25, -0.2) is 19.0 Å². The number of carbonyl (C=O) groups is 2. The Morgan fingerprint density at radius 2 is 2.13 bits per heavy atom. The molecule has 12 heteroatoms. The van der Waals surface area contributed by atoms with E-state index >= 15 is 4.39 Å². The number of pyridine rings is 1. The molecule has 1 saturated carbocycles. The van der Waals surface area contributed by atoms with Crippen LogP contribution in [-0.4, -0.2) is 69.1 Å². The molecule has 1 aromatic carbocycles. The Bertz CT molecular complexity index is 1570. The number of methoxy groups -OCH3 is 1. The van der Waals surface area contributed by atoms with Gasteiger partial charge in [0.25, 0.3) is 0 Å². The lowest BCUT2D eigenvalue weighted by molar-refractivity contribution is 0.112. The molecule has 9 nitrogen and oxygen atoms in total. The Morgan fingerprint density at radius 3 is 2.79 bits per heavy atom. The number of nitriles is 1. The normalized spacial score (nSPS) is 23.9. The summed E-state index contributed by atoms with van der Waals surface area (Å²) in [5.74, 6) is -0.361. The third kappa shape index (κ3) is 3.88. The molecule has 4 atom stereocenters.